The number of aliphatic hydroxyl groups excluding tert-OH is 1. The molecule has 8 nitrogen and oxygen atoms in total. The van der Waals surface area contributed by atoms with E-state index in [1.54, 1.807) is 17.9 Å². The summed E-state index contributed by atoms with van der Waals surface area (Å²) in [5.74, 6) is -2.63. The second-order valence-corrected chi connectivity index (χ2v) is 11.2. The van der Waals surface area contributed by atoms with Gasteiger partial charge in [-0.05, 0) is 51.9 Å². The summed E-state index contributed by atoms with van der Waals surface area (Å²) in [4.78, 5) is 44.9. The highest BCUT2D eigenvalue weighted by atomic mass is 16.6. The molecule has 3 aliphatic heterocycles. The van der Waals surface area contributed by atoms with E-state index in [-0.39, 0.29) is 30.9 Å². The van der Waals surface area contributed by atoms with Gasteiger partial charge in [0, 0.05) is 13.1 Å². The zero-order valence-electron chi connectivity index (χ0n) is 23.1. The molecule has 37 heavy (non-hydrogen) atoms. The van der Waals surface area contributed by atoms with Gasteiger partial charge < -0.3 is 24.4 Å². The van der Waals surface area contributed by atoms with Crippen LogP contribution in [0.2, 0.25) is 0 Å². The van der Waals surface area contributed by atoms with E-state index in [4.69, 9.17) is 9.47 Å². The Labute approximate surface area is 222 Å². The first-order chi connectivity index (χ1) is 17.6. The molecule has 3 aliphatic rings. The van der Waals surface area contributed by atoms with Crippen LogP contribution in [0, 0.1) is 17.8 Å². The Kier molecular flexibility index (Phi) is 9.62. The van der Waals surface area contributed by atoms with Crippen molar-refractivity contribution in [3.8, 4) is 0 Å². The number of esters is 1. The quantitative estimate of drug-likeness (QED) is 0.203. The second-order valence-electron chi connectivity index (χ2n) is 11.2. The molecular formula is C29H46N2O6. The number of nitrogens with zero attached hydrogens (tertiary/aromatic N) is 2. The van der Waals surface area contributed by atoms with Gasteiger partial charge in [-0.2, -0.15) is 0 Å². The number of hydrogen-bond donors (Lipinski definition) is 1. The van der Waals surface area contributed by atoms with Gasteiger partial charge in [-0.3, -0.25) is 14.4 Å². The largest absolute Gasteiger partial charge is 0.465 e. The van der Waals surface area contributed by atoms with Crippen molar-refractivity contribution >= 4 is 17.8 Å². The number of likely N-dealkylation sites (tertiary alicyclic amines) is 1. The summed E-state index contributed by atoms with van der Waals surface area (Å²) in [5.41, 5.74) is -2.04. The fraction of sp³-hybridized carbons (Fsp3) is 0.759. The Hall–Kier alpha value is -2.19. The van der Waals surface area contributed by atoms with Crippen LogP contribution in [-0.4, -0.2) is 82.3 Å². The molecule has 0 aromatic rings. The van der Waals surface area contributed by atoms with Gasteiger partial charge >= 0.3 is 5.97 Å². The molecule has 3 fully saturated rings. The van der Waals surface area contributed by atoms with Crippen LogP contribution >= 0.6 is 0 Å². The number of aliphatic hydroxyl groups is 1. The smallest absolute Gasteiger partial charge is 0.312 e. The number of ether oxygens (including phenoxy) is 2. The predicted molar refractivity (Wildman–Crippen MR) is 141 cm³/mol. The number of carbonyl (C=O) groups is 3. The van der Waals surface area contributed by atoms with Crippen molar-refractivity contribution in [2.75, 3.05) is 26.3 Å². The second kappa shape index (κ2) is 12.1. The summed E-state index contributed by atoms with van der Waals surface area (Å²) in [5, 5.41) is 10.0. The molecule has 0 saturated carbocycles. The van der Waals surface area contributed by atoms with Crippen molar-refractivity contribution in [1.29, 1.82) is 0 Å². The highest BCUT2D eigenvalue weighted by Crippen LogP contribution is 2.65. The van der Waals surface area contributed by atoms with Gasteiger partial charge in [0.2, 0.25) is 11.8 Å². The van der Waals surface area contributed by atoms with Crippen LogP contribution in [0.1, 0.15) is 72.6 Å². The summed E-state index contributed by atoms with van der Waals surface area (Å²) in [6.45, 7) is 16.2. The summed E-state index contributed by atoms with van der Waals surface area (Å²) < 4.78 is 12.4. The minimum absolute atomic E-state index is 0.0532. The van der Waals surface area contributed by atoms with Crippen molar-refractivity contribution < 1.29 is 29.0 Å². The van der Waals surface area contributed by atoms with Gasteiger partial charge in [-0.1, -0.05) is 38.8 Å². The fourth-order valence-corrected chi connectivity index (χ4v) is 6.70. The van der Waals surface area contributed by atoms with Crippen LogP contribution in [0.15, 0.2) is 25.3 Å². The monoisotopic (exact) mass is 518 g/mol. The van der Waals surface area contributed by atoms with E-state index in [9.17, 15) is 19.5 Å². The third-order valence-corrected chi connectivity index (χ3v) is 8.72. The van der Waals surface area contributed by atoms with E-state index in [1.165, 1.54) is 4.90 Å². The van der Waals surface area contributed by atoms with Gasteiger partial charge in [0.15, 0.2) is 0 Å². The topological polar surface area (TPSA) is 96.4 Å². The number of hydrogen-bond acceptors (Lipinski definition) is 6. The minimum Gasteiger partial charge on any atom is -0.465 e. The normalized spacial score (nSPS) is 32.8. The Morgan fingerprint density at radius 2 is 2.00 bits per heavy atom. The SMILES string of the molecule is C=CCCCCOC(=O)[C@H]1[C@H]2C(=O)N([C@H](C)CO)C(C(=O)N(CC=C)CCCCC)C23CC(C)[C@]1(C)O3. The summed E-state index contributed by atoms with van der Waals surface area (Å²) in [6, 6.07) is -1.51. The van der Waals surface area contributed by atoms with Crippen LogP contribution in [0.25, 0.3) is 0 Å². The third kappa shape index (κ3) is 5.11. The first kappa shape index (κ1) is 29.4. The number of amides is 2. The number of carbonyl (C=O) groups excluding carboxylic acids is 3. The molecule has 2 bridgehead atoms. The zero-order valence-corrected chi connectivity index (χ0v) is 23.1. The van der Waals surface area contributed by atoms with Gasteiger partial charge in [0.1, 0.15) is 17.6 Å². The Morgan fingerprint density at radius 3 is 2.62 bits per heavy atom. The molecule has 3 heterocycles. The van der Waals surface area contributed by atoms with Crippen molar-refractivity contribution in [1.82, 2.24) is 9.80 Å². The predicted octanol–water partition coefficient (Wildman–Crippen LogP) is 3.48. The first-order valence-corrected chi connectivity index (χ1v) is 13.9. The van der Waals surface area contributed by atoms with Crippen molar-refractivity contribution in [2.24, 2.45) is 17.8 Å². The molecule has 0 radical (unpaired) electrons. The van der Waals surface area contributed by atoms with E-state index in [1.807, 2.05) is 19.9 Å². The van der Waals surface area contributed by atoms with E-state index in [2.05, 4.69) is 20.1 Å². The minimum atomic E-state index is -1.14. The molecule has 7 atom stereocenters. The molecule has 208 valence electrons. The van der Waals surface area contributed by atoms with Crippen LogP contribution in [0.4, 0.5) is 0 Å². The lowest BCUT2D eigenvalue weighted by atomic mass is 9.62. The standard InChI is InChI=1S/C29H46N2O6/c1-7-10-12-14-17-36-27(35)23-22-25(33)31(21(5)19-32)24(29(22)18-20(4)28(23,6)37-29)26(34)30(15-9-3)16-13-11-8-2/h7,9,20-24,32H,1,3,8,10-19H2,2,4-6H3/t20?,21-,22+,23-,24?,28+,29?/m1/s1. The zero-order chi connectivity index (χ0) is 27.4. The van der Waals surface area contributed by atoms with E-state index in [0.717, 1.165) is 32.1 Å². The maximum Gasteiger partial charge on any atom is 0.312 e. The molecule has 1 N–H and O–H groups in total. The molecule has 3 rings (SSSR count). The molecule has 8 heteroatoms. The molecule has 3 saturated heterocycles. The summed E-state index contributed by atoms with van der Waals surface area (Å²) in [7, 11) is 0. The highest BCUT2D eigenvalue weighted by molar-refractivity contribution is 5.98. The molecule has 0 aromatic heterocycles. The van der Waals surface area contributed by atoms with E-state index in [0.29, 0.717) is 25.9 Å². The molecule has 2 amide bonds. The van der Waals surface area contributed by atoms with Crippen LogP contribution in [0.3, 0.4) is 0 Å². The maximum absolute atomic E-state index is 14.2. The Morgan fingerprint density at radius 1 is 1.27 bits per heavy atom. The number of unbranched alkanes of at least 4 members (excludes halogenated alkanes) is 4. The Bertz CT molecular complexity index is 876. The summed E-state index contributed by atoms with van der Waals surface area (Å²) in [6.07, 6.45) is 9.30. The highest BCUT2D eigenvalue weighted by Gasteiger charge is 2.80. The average molecular weight is 519 g/mol. The Balaban J connectivity index is 1.97. The van der Waals surface area contributed by atoms with Crippen LogP contribution in [0.5, 0.6) is 0 Å². The molecule has 1 spiro atoms. The maximum atomic E-state index is 14.2. The van der Waals surface area contributed by atoms with Crippen LogP contribution in [-0.2, 0) is 23.9 Å². The molecular weight excluding hydrogens is 472 g/mol. The van der Waals surface area contributed by atoms with Crippen molar-refractivity contribution in [3.05, 3.63) is 25.3 Å². The van der Waals surface area contributed by atoms with Crippen molar-refractivity contribution in [2.45, 2.75) is 95.9 Å². The lowest BCUT2D eigenvalue weighted by Crippen LogP contribution is -2.58. The van der Waals surface area contributed by atoms with E-state index >= 15 is 0 Å². The van der Waals surface area contributed by atoms with E-state index < -0.39 is 41.1 Å². The van der Waals surface area contributed by atoms with Gasteiger partial charge in [-0.15, -0.1) is 13.2 Å². The molecule has 0 aromatic carbocycles. The van der Waals surface area contributed by atoms with Gasteiger partial charge in [0.25, 0.3) is 0 Å². The molecule has 0 aliphatic carbocycles. The number of fused-ring (bicyclic) bond motifs is 1. The summed E-state index contributed by atoms with van der Waals surface area (Å²) >= 11 is 0. The number of allylic oxidation sites excluding steroid dienone is 1. The van der Waals surface area contributed by atoms with Gasteiger partial charge in [0.05, 0.1) is 30.8 Å². The lowest BCUT2D eigenvalue weighted by Gasteiger charge is -2.38. The van der Waals surface area contributed by atoms with Crippen molar-refractivity contribution in [3.63, 3.8) is 0 Å². The average Bonchev–Trinajstić information content (AvgIpc) is 3.39. The number of rotatable bonds is 15. The van der Waals surface area contributed by atoms with Crippen LogP contribution < -0.4 is 0 Å². The lowest BCUT2D eigenvalue weighted by molar-refractivity contribution is -0.163. The first-order valence-electron chi connectivity index (χ1n) is 13.9. The third-order valence-electron chi connectivity index (χ3n) is 8.72. The molecule has 3 unspecified atom stereocenters. The fourth-order valence-electron chi connectivity index (χ4n) is 6.70. The van der Waals surface area contributed by atoms with Gasteiger partial charge in [-0.25, -0.2) is 0 Å².